The highest BCUT2D eigenvalue weighted by Crippen LogP contribution is 2.19. The molecule has 1 aromatic carbocycles. The van der Waals surface area contributed by atoms with E-state index in [1.807, 2.05) is 6.92 Å². The first-order chi connectivity index (χ1) is 8.40. The number of carbonyl (C=O) groups excluding carboxylic acids is 1. The Morgan fingerprint density at radius 2 is 2.22 bits per heavy atom. The minimum absolute atomic E-state index is 0.0293. The quantitative estimate of drug-likeness (QED) is 0.812. The molecule has 2 atom stereocenters. The number of nitrogens with one attached hydrogen (secondary N) is 1. The first-order valence-electron chi connectivity index (χ1n) is 5.56. The molecule has 6 heteroatoms. The summed E-state index contributed by atoms with van der Waals surface area (Å²) in [6.07, 6.45) is 2.33. The molecule has 0 saturated carbocycles. The largest absolute Gasteiger partial charge is 0.398 e. The number of hydrogen-bond acceptors (Lipinski definition) is 3. The van der Waals surface area contributed by atoms with Crippen LogP contribution in [0.15, 0.2) is 18.2 Å². The second-order valence-electron chi connectivity index (χ2n) is 4.18. The van der Waals surface area contributed by atoms with Crippen molar-refractivity contribution >= 4 is 34.0 Å². The van der Waals surface area contributed by atoms with Gasteiger partial charge in [-0.3, -0.25) is 9.00 Å². The lowest BCUT2D eigenvalue weighted by Crippen LogP contribution is -2.33. The molecule has 0 spiro atoms. The molecule has 0 aromatic heterocycles. The lowest BCUT2D eigenvalue weighted by Gasteiger charge is -2.13. The van der Waals surface area contributed by atoms with Crippen molar-refractivity contribution < 1.29 is 9.00 Å². The highest BCUT2D eigenvalue weighted by atomic mass is 35.5. The van der Waals surface area contributed by atoms with Crippen molar-refractivity contribution in [1.82, 2.24) is 5.32 Å². The standard InChI is InChI=1S/C12H17ClN2O2S/c1-8(5-6-18(2)17)15-12(16)9-3-4-10(13)11(14)7-9/h3-4,7-8H,5-6,14H2,1-2H3,(H,15,16). The predicted octanol–water partition coefficient (Wildman–Crippen LogP) is 1.81. The Bertz CT molecular complexity index is 465. The normalized spacial score (nSPS) is 13.9. The number of rotatable bonds is 5. The molecule has 0 fully saturated rings. The predicted molar refractivity (Wildman–Crippen MR) is 76.3 cm³/mol. The molecule has 0 bridgehead atoms. The summed E-state index contributed by atoms with van der Waals surface area (Å²) in [5, 5.41) is 3.26. The number of hydrogen-bond donors (Lipinski definition) is 2. The van der Waals surface area contributed by atoms with Crippen molar-refractivity contribution in [3.05, 3.63) is 28.8 Å². The molecule has 1 amide bonds. The molecular formula is C12H17ClN2O2S. The van der Waals surface area contributed by atoms with Crippen LogP contribution in [-0.4, -0.2) is 28.2 Å². The van der Waals surface area contributed by atoms with E-state index in [4.69, 9.17) is 17.3 Å². The molecule has 100 valence electrons. The maximum absolute atomic E-state index is 11.9. The Labute approximate surface area is 114 Å². The average Bonchev–Trinajstić information content (AvgIpc) is 2.30. The maximum atomic E-state index is 11.9. The lowest BCUT2D eigenvalue weighted by molar-refractivity contribution is 0.0939. The zero-order valence-corrected chi connectivity index (χ0v) is 12.0. The summed E-state index contributed by atoms with van der Waals surface area (Å²) in [5.41, 5.74) is 6.49. The number of anilines is 1. The van der Waals surface area contributed by atoms with Crippen LogP contribution in [0.1, 0.15) is 23.7 Å². The highest BCUT2D eigenvalue weighted by Gasteiger charge is 2.11. The summed E-state index contributed by atoms with van der Waals surface area (Å²) in [4.78, 5) is 11.9. The van der Waals surface area contributed by atoms with E-state index in [9.17, 15) is 9.00 Å². The molecule has 0 heterocycles. The average molecular weight is 289 g/mol. The summed E-state index contributed by atoms with van der Waals surface area (Å²) < 4.78 is 11.0. The van der Waals surface area contributed by atoms with E-state index < -0.39 is 10.8 Å². The van der Waals surface area contributed by atoms with Gasteiger partial charge in [-0.05, 0) is 31.5 Å². The van der Waals surface area contributed by atoms with E-state index in [1.54, 1.807) is 24.5 Å². The van der Waals surface area contributed by atoms with Gasteiger partial charge in [0.05, 0.1) is 10.7 Å². The first kappa shape index (κ1) is 15.0. The van der Waals surface area contributed by atoms with Crippen LogP contribution in [0.25, 0.3) is 0 Å². The van der Waals surface area contributed by atoms with Crippen molar-refractivity contribution in [3.8, 4) is 0 Å². The molecule has 4 nitrogen and oxygen atoms in total. The molecular weight excluding hydrogens is 272 g/mol. The molecule has 0 aliphatic heterocycles. The molecule has 2 unspecified atom stereocenters. The molecule has 1 rings (SSSR count). The van der Waals surface area contributed by atoms with Crippen molar-refractivity contribution in [3.63, 3.8) is 0 Å². The SMILES string of the molecule is CC(CCS(C)=O)NC(=O)c1ccc(Cl)c(N)c1. The Morgan fingerprint density at radius 3 is 2.78 bits per heavy atom. The molecule has 0 aliphatic rings. The summed E-state index contributed by atoms with van der Waals surface area (Å²) >= 11 is 5.79. The molecule has 0 aliphatic carbocycles. The van der Waals surface area contributed by atoms with Gasteiger partial charge in [0.1, 0.15) is 0 Å². The monoisotopic (exact) mass is 288 g/mol. The summed E-state index contributed by atoms with van der Waals surface area (Å²) in [6, 6.07) is 4.73. The van der Waals surface area contributed by atoms with Gasteiger partial charge in [-0.1, -0.05) is 11.6 Å². The third kappa shape index (κ3) is 4.66. The highest BCUT2D eigenvalue weighted by molar-refractivity contribution is 7.84. The van der Waals surface area contributed by atoms with Crippen molar-refractivity contribution in [2.24, 2.45) is 0 Å². The van der Waals surface area contributed by atoms with Crippen LogP contribution in [-0.2, 0) is 10.8 Å². The second kappa shape index (κ2) is 6.75. The van der Waals surface area contributed by atoms with Gasteiger partial charge < -0.3 is 11.1 Å². The van der Waals surface area contributed by atoms with Crippen molar-refractivity contribution in [2.45, 2.75) is 19.4 Å². The smallest absolute Gasteiger partial charge is 0.251 e. The van der Waals surface area contributed by atoms with Gasteiger partial charge in [0.2, 0.25) is 0 Å². The van der Waals surface area contributed by atoms with Gasteiger partial charge in [0, 0.05) is 34.4 Å². The summed E-state index contributed by atoms with van der Waals surface area (Å²) in [5.74, 6) is 0.372. The summed E-state index contributed by atoms with van der Waals surface area (Å²) in [6.45, 7) is 1.88. The van der Waals surface area contributed by atoms with Gasteiger partial charge in [0.25, 0.3) is 5.91 Å². The van der Waals surface area contributed by atoms with E-state index in [0.29, 0.717) is 28.4 Å². The number of amides is 1. The Balaban J connectivity index is 2.59. The topological polar surface area (TPSA) is 72.2 Å². The molecule has 1 aromatic rings. The van der Waals surface area contributed by atoms with Gasteiger partial charge in [-0.25, -0.2) is 0 Å². The molecule has 0 radical (unpaired) electrons. The zero-order chi connectivity index (χ0) is 13.7. The minimum atomic E-state index is -0.841. The number of nitrogen functional groups attached to an aromatic ring is 1. The molecule has 18 heavy (non-hydrogen) atoms. The van der Waals surface area contributed by atoms with Crippen LogP contribution in [0, 0.1) is 0 Å². The third-order valence-electron chi connectivity index (χ3n) is 2.47. The van der Waals surface area contributed by atoms with Crippen LogP contribution in [0.4, 0.5) is 5.69 Å². The van der Waals surface area contributed by atoms with Crippen molar-refractivity contribution in [1.29, 1.82) is 0 Å². The van der Waals surface area contributed by atoms with Crippen molar-refractivity contribution in [2.75, 3.05) is 17.7 Å². The van der Waals surface area contributed by atoms with E-state index in [2.05, 4.69) is 5.32 Å². The fourth-order valence-corrected chi connectivity index (χ4v) is 2.21. The van der Waals surface area contributed by atoms with E-state index in [-0.39, 0.29) is 11.9 Å². The van der Waals surface area contributed by atoms with Crippen LogP contribution in [0.2, 0.25) is 5.02 Å². The number of halogens is 1. The fraction of sp³-hybridized carbons (Fsp3) is 0.417. The van der Waals surface area contributed by atoms with E-state index in [0.717, 1.165) is 0 Å². The molecule has 3 N–H and O–H groups in total. The van der Waals surface area contributed by atoms with Crippen LogP contribution >= 0.6 is 11.6 Å². The second-order valence-corrected chi connectivity index (χ2v) is 6.14. The van der Waals surface area contributed by atoms with Gasteiger partial charge in [-0.2, -0.15) is 0 Å². The third-order valence-corrected chi connectivity index (χ3v) is 3.63. The van der Waals surface area contributed by atoms with Crippen LogP contribution in [0.3, 0.4) is 0 Å². The van der Waals surface area contributed by atoms with Crippen LogP contribution < -0.4 is 11.1 Å². The van der Waals surface area contributed by atoms with Crippen LogP contribution in [0.5, 0.6) is 0 Å². The lowest BCUT2D eigenvalue weighted by atomic mass is 10.1. The Morgan fingerprint density at radius 1 is 1.56 bits per heavy atom. The van der Waals surface area contributed by atoms with Gasteiger partial charge in [0.15, 0.2) is 0 Å². The number of carbonyl (C=O) groups is 1. The fourth-order valence-electron chi connectivity index (χ4n) is 1.41. The first-order valence-corrected chi connectivity index (χ1v) is 7.66. The summed E-state index contributed by atoms with van der Waals surface area (Å²) in [7, 11) is -0.841. The van der Waals surface area contributed by atoms with E-state index >= 15 is 0 Å². The van der Waals surface area contributed by atoms with Gasteiger partial charge >= 0.3 is 0 Å². The van der Waals surface area contributed by atoms with E-state index in [1.165, 1.54) is 0 Å². The zero-order valence-electron chi connectivity index (χ0n) is 10.4. The maximum Gasteiger partial charge on any atom is 0.251 e. The Hall–Kier alpha value is -1.07. The Kier molecular flexibility index (Phi) is 5.62. The minimum Gasteiger partial charge on any atom is -0.398 e. The number of nitrogens with two attached hydrogens (primary N) is 1. The van der Waals surface area contributed by atoms with Gasteiger partial charge in [-0.15, -0.1) is 0 Å². The molecule has 0 saturated heterocycles. The number of benzene rings is 1.